The molecule has 1 fully saturated rings. The minimum absolute atomic E-state index is 0.0595. The zero-order valence-corrected chi connectivity index (χ0v) is 23.0. The maximum Gasteiger partial charge on any atom is 0.0976 e. The van der Waals surface area contributed by atoms with Crippen LogP contribution in [0.1, 0.15) is 0 Å². The largest absolute Gasteiger partial charge is 0.377 e. The van der Waals surface area contributed by atoms with E-state index in [2.05, 4.69) is 19.6 Å². The van der Waals surface area contributed by atoms with Crippen molar-refractivity contribution in [1.29, 1.82) is 0 Å². The number of likely N-dealkylation sites (N-methyl/N-ethyl adjacent to an activating group) is 4. The highest BCUT2D eigenvalue weighted by molar-refractivity contribution is 4.77. The minimum Gasteiger partial charge on any atom is -0.377 e. The Kier molecular flexibility index (Phi) is 17.5. The first-order valence-electron chi connectivity index (χ1n) is 12.4. The van der Waals surface area contributed by atoms with Gasteiger partial charge in [-0.2, -0.15) is 0 Å². The molecule has 10 heteroatoms. The summed E-state index contributed by atoms with van der Waals surface area (Å²) in [5, 5.41) is 0. The van der Waals surface area contributed by atoms with E-state index < -0.39 is 0 Å². The van der Waals surface area contributed by atoms with E-state index in [-0.39, 0.29) is 24.4 Å². The summed E-state index contributed by atoms with van der Waals surface area (Å²) in [6, 6.07) is 0. The van der Waals surface area contributed by atoms with Gasteiger partial charge < -0.3 is 48.0 Å². The molecule has 0 aromatic carbocycles. The third-order valence-electron chi connectivity index (χ3n) is 5.25. The zero-order chi connectivity index (χ0) is 25.3. The molecule has 0 bridgehead atoms. The standard InChI is InChI=1S/C24H52N4O6/c1-25(2)17-21-22(18-26(3)4)32-14-10-30-12-16-34-24(20-28(7)8)23(19-27(5)6)33-15-11-29-9-13-31-21/h21-24H,9-20H2,1-8H3/t21-,22-,23-,24+/m1/s1. The Morgan fingerprint density at radius 2 is 0.588 bits per heavy atom. The van der Waals surface area contributed by atoms with Gasteiger partial charge in [-0.25, -0.2) is 0 Å². The predicted molar refractivity (Wildman–Crippen MR) is 135 cm³/mol. The van der Waals surface area contributed by atoms with Crippen LogP contribution < -0.4 is 0 Å². The third kappa shape index (κ3) is 15.6. The first-order chi connectivity index (χ1) is 16.2. The van der Waals surface area contributed by atoms with E-state index in [1.807, 2.05) is 56.4 Å². The second-order valence-electron chi connectivity index (χ2n) is 9.91. The lowest BCUT2D eigenvalue weighted by Gasteiger charge is -2.32. The Bertz CT molecular complexity index is 402. The van der Waals surface area contributed by atoms with Gasteiger partial charge in [0.05, 0.1) is 77.3 Å². The summed E-state index contributed by atoms with van der Waals surface area (Å²) in [5.41, 5.74) is 0. The summed E-state index contributed by atoms with van der Waals surface area (Å²) in [4.78, 5) is 8.50. The molecule has 0 saturated carbocycles. The Morgan fingerprint density at radius 1 is 0.382 bits per heavy atom. The highest BCUT2D eigenvalue weighted by atomic mass is 16.6. The van der Waals surface area contributed by atoms with Gasteiger partial charge in [0.2, 0.25) is 0 Å². The van der Waals surface area contributed by atoms with Gasteiger partial charge in [-0.3, -0.25) is 0 Å². The second-order valence-corrected chi connectivity index (χ2v) is 9.91. The maximum atomic E-state index is 6.21. The summed E-state index contributed by atoms with van der Waals surface area (Å²) in [6.07, 6.45) is -0.238. The number of nitrogens with zero attached hydrogens (tertiary/aromatic N) is 4. The smallest absolute Gasteiger partial charge is 0.0976 e. The van der Waals surface area contributed by atoms with Crippen LogP contribution in [0.5, 0.6) is 0 Å². The summed E-state index contributed by atoms with van der Waals surface area (Å²) in [6.45, 7) is 7.19. The lowest BCUT2D eigenvalue weighted by atomic mass is 10.1. The van der Waals surface area contributed by atoms with Crippen molar-refractivity contribution < 1.29 is 28.4 Å². The van der Waals surface area contributed by atoms with Gasteiger partial charge in [0, 0.05) is 26.2 Å². The van der Waals surface area contributed by atoms with Gasteiger partial charge >= 0.3 is 0 Å². The molecule has 1 aliphatic heterocycles. The van der Waals surface area contributed by atoms with E-state index >= 15 is 0 Å². The average Bonchev–Trinajstić information content (AvgIpc) is 2.72. The van der Waals surface area contributed by atoms with E-state index in [0.29, 0.717) is 52.9 Å². The van der Waals surface area contributed by atoms with Crippen LogP contribution in [0.2, 0.25) is 0 Å². The van der Waals surface area contributed by atoms with Gasteiger partial charge in [0.25, 0.3) is 0 Å². The van der Waals surface area contributed by atoms with Gasteiger partial charge in [0.1, 0.15) is 0 Å². The molecule has 1 saturated heterocycles. The van der Waals surface area contributed by atoms with Crippen LogP contribution in [0.4, 0.5) is 0 Å². The molecule has 0 radical (unpaired) electrons. The topological polar surface area (TPSA) is 68.3 Å². The minimum atomic E-state index is -0.0595. The lowest BCUT2D eigenvalue weighted by Crippen LogP contribution is -2.46. The molecule has 0 aliphatic carbocycles. The number of hydrogen-bond acceptors (Lipinski definition) is 10. The number of rotatable bonds is 8. The number of ether oxygens (including phenoxy) is 6. The van der Waals surface area contributed by atoms with Crippen LogP contribution >= 0.6 is 0 Å². The van der Waals surface area contributed by atoms with Crippen LogP contribution in [0, 0.1) is 0 Å². The molecular formula is C24H52N4O6. The van der Waals surface area contributed by atoms with Crippen molar-refractivity contribution in [3.8, 4) is 0 Å². The van der Waals surface area contributed by atoms with E-state index in [4.69, 9.17) is 28.4 Å². The SMILES string of the molecule is CN(C)C[C@@H]1OCCOCCO[C@H](CN(C)C)[C@@H](CN(C)C)OCCOCCO[C@@H]1CN(C)C. The third-order valence-corrected chi connectivity index (χ3v) is 5.25. The van der Waals surface area contributed by atoms with E-state index in [1.165, 1.54) is 0 Å². The summed E-state index contributed by atoms with van der Waals surface area (Å²) in [5.74, 6) is 0. The van der Waals surface area contributed by atoms with Crippen LogP contribution in [0.3, 0.4) is 0 Å². The van der Waals surface area contributed by atoms with Crippen molar-refractivity contribution >= 4 is 0 Å². The Labute approximate surface area is 208 Å². The Hall–Kier alpha value is -0.400. The van der Waals surface area contributed by atoms with E-state index in [0.717, 1.165) is 26.2 Å². The van der Waals surface area contributed by atoms with Gasteiger partial charge in [-0.1, -0.05) is 0 Å². The second kappa shape index (κ2) is 18.8. The molecule has 0 unspecified atom stereocenters. The van der Waals surface area contributed by atoms with Crippen LogP contribution in [-0.4, -0.2) is 179 Å². The molecular weight excluding hydrogens is 440 g/mol. The summed E-state index contributed by atoms with van der Waals surface area (Å²) >= 11 is 0. The quantitative estimate of drug-likeness (QED) is 0.456. The van der Waals surface area contributed by atoms with Crippen molar-refractivity contribution in [3.05, 3.63) is 0 Å². The fraction of sp³-hybridized carbons (Fsp3) is 1.00. The first kappa shape index (κ1) is 31.6. The number of hydrogen-bond donors (Lipinski definition) is 0. The Balaban J connectivity index is 2.78. The van der Waals surface area contributed by atoms with Crippen LogP contribution in [-0.2, 0) is 28.4 Å². The molecule has 10 nitrogen and oxygen atoms in total. The molecule has 1 aliphatic rings. The van der Waals surface area contributed by atoms with Gasteiger partial charge in [-0.15, -0.1) is 0 Å². The fourth-order valence-corrected chi connectivity index (χ4v) is 3.79. The first-order valence-corrected chi connectivity index (χ1v) is 12.4. The maximum absolute atomic E-state index is 6.21. The van der Waals surface area contributed by atoms with Gasteiger partial charge in [-0.05, 0) is 56.4 Å². The lowest BCUT2D eigenvalue weighted by molar-refractivity contribution is -0.124. The molecule has 0 amide bonds. The van der Waals surface area contributed by atoms with Crippen molar-refractivity contribution in [2.24, 2.45) is 0 Å². The molecule has 0 aromatic heterocycles. The molecule has 204 valence electrons. The predicted octanol–water partition coefficient (Wildman–Crippen LogP) is -0.180. The zero-order valence-electron chi connectivity index (χ0n) is 23.0. The monoisotopic (exact) mass is 492 g/mol. The van der Waals surface area contributed by atoms with Crippen LogP contribution in [0.25, 0.3) is 0 Å². The molecule has 4 atom stereocenters. The summed E-state index contributed by atoms with van der Waals surface area (Å²) < 4.78 is 36.5. The van der Waals surface area contributed by atoms with Gasteiger partial charge in [0.15, 0.2) is 0 Å². The van der Waals surface area contributed by atoms with E-state index in [9.17, 15) is 0 Å². The van der Waals surface area contributed by atoms with Crippen molar-refractivity contribution in [2.45, 2.75) is 24.4 Å². The highest BCUT2D eigenvalue weighted by Crippen LogP contribution is 2.10. The van der Waals surface area contributed by atoms with Crippen LogP contribution in [0.15, 0.2) is 0 Å². The van der Waals surface area contributed by atoms with Crippen molar-refractivity contribution in [1.82, 2.24) is 19.6 Å². The normalized spacial score (nSPS) is 27.9. The Morgan fingerprint density at radius 3 is 0.765 bits per heavy atom. The molecule has 1 rings (SSSR count). The molecule has 0 N–H and O–H groups in total. The molecule has 0 aromatic rings. The van der Waals surface area contributed by atoms with E-state index in [1.54, 1.807) is 0 Å². The molecule has 0 spiro atoms. The fourth-order valence-electron chi connectivity index (χ4n) is 3.79. The average molecular weight is 493 g/mol. The van der Waals surface area contributed by atoms with Crippen molar-refractivity contribution in [2.75, 3.05) is 135 Å². The highest BCUT2D eigenvalue weighted by Gasteiger charge is 2.26. The molecule has 1 heterocycles. The summed E-state index contributed by atoms with van der Waals surface area (Å²) in [7, 11) is 16.4. The van der Waals surface area contributed by atoms with Crippen molar-refractivity contribution in [3.63, 3.8) is 0 Å². The molecule has 34 heavy (non-hydrogen) atoms.